The number of rotatable bonds is 19. The predicted molar refractivity (Wildman–Crippen MR) is 171 cm³/mol. The number of carbonyl (C=O) groups excluding carboxylic acids is 1. The molecule has 1 amide bonds. The van der Waals surface area contributed by atoms with Gasteiger partial charge in [0.1, 0.15) is 5.75 Å². The molecular formula is C32H40N8O4. The monoisotopic (exact) mass is 600 g/mol. The van der Waals surface area contributed by atoms with Crippen LogP contribution in [0.5, 0.6) is 5.75 Å². The molecule has 0 atom stereocenters. The van der Waals surface area contributed by atoms with Gasteiger partial charge in [0.2, 0.25) is 23.8 Å². The van der Waals surface area contributed by atoms with Gasteiger partial charge in [-0.1, -0.05) is 54.6 Å². The molecule has 0 fully saturated rings. The van der Waals surface area contributed by atoms with Crippen LogP contribution in [-0.4, -0.2) is 67.5 Å². The van der Waals surface area contributed by atoms with Crippen molar-refractivity contribution in [1.29, 1.82) is 0 Å². The first-order valence-corrected chi connectivity index (χ1v) is 14.5. The zero-order valence-electron chi connectivity index (χ0n) is 24.9. The van der Waals surface area contributed by atoms with E-state index in [1.165, 1.54) is 0 Å². The van der Waals surface area contributed by atoms with Crippen LogP contribution in [0.3, 0.4) is 0 Å². The maximum atomic E-state index is 12.3. The van der Waals surface area contributed by atoms with Gasteiger partial charge in [0, 0.05) is 31.9 Å². The standard InChI is InChI=1S/C32H40N8O4/c1-42-28-9-5-8-26(20-28)23-36-31-38-30(35-22-25-6-3-2-4-7-25)39-32(40-31)37-27-12-10-24(11-13-27)21-29(41)34-15-17-44-19-18-43-16-14-33/h2-13,20H,14-19,21-23,33H2,1H3,(H,34,41)(H3,35,36,37,38,39,40). The molecule has 0 aliphatic heterocycles. The number of nitrogens with two attached hydrogens (primary N) is 1. The average molecular weight is 601 g/mol. The summed E-state index contributed by atoms with van der Waals surface area (Å²) >= 11 is 0. The lowest BCUT2D eigenvalue weighted by Gasteiger charge is -2.12. The Morgan fingerprint density at radius 1 is 0.727 bits per heavy atom. The number of carbonyl (C=O) groups is 1. The van der Waals surface area contributed by atoms with Crippen molar-refractivity contribution in [1.82, 2.24) is 20.3 Å². The van der Waals surface area contributed by atoms with Crippen LogP contribution >= 0.6 is 0 Å². The number of aromatic nitrogens is 3. The molecule has 232 valence electrons. The van der Waals surface area contributed by atoms with Gasteiger partial charge >= 0.3 is 0 Å². The summed E-state index contributed by atoms with van der Waals surface area (Å²) in [7, 11) is 1.64. The molecule has 0 spiro atoms. The lowest BCUT2D eigenvalue weighted by molar-refractivity contribution is -0.120. The molecule has 0 saturated heterocycles. The summed E-state index contributed by atoms with van der Waals surface area (Å²) in [5.41, 5.74) is 9.16. The molecule has 12 nitrogen and oxygen atoms in total. The smallest absolute Gasteiger partial charge is 0.233 e. The second-order valence-electron chi connectivity index (χ2n) is 9.71. The van der Waals surface area contributed by atoms with Crippen molar-refractivity contribution in [3.8, 4) is 5.75 Å². The summed E-state index contributed by atoms with van der Waals surface area (Å²) in [6.45, 7) is 3.88. The van der Waals surface area contributed by atoms with Crippen LogP contribution in [-0.2, 0) is 33.8 Å². The largest absolute Gasteiger partial charge is 0.497 e. The van der Waals surface area contributed by atoms with Crippen LogP contribution in [0.2, 0.25) is 0 Å². The average Bonchev–Trinajstić information content (AvgIpc) is 3.05. The van der Waals surface area contributed by atoms with Crippen LogP contribution in [0.1, 0.15) is 16.7 Å². The lowest BCUT2D eigenvalue weighted by Crippen LogP contribution is -2.29. The molecule has 0 aliphatic carbocycles. The highest BCUT2D eigenvalue weighted by Gasteiger charge is 2.09. The summed E-state index contributed by atoms with van der Waals surface area (Å²) in [4.78, 5) is 26.0. The van der Waals surface area contributed by atoms with Gasteiger partial charge in [0.25, 0.3) is 0 Å². The van der Waals surface area contributed by atoms with Crippen LogP contribution < -0.4 is 31.7 Å². The molecule has 4 rings (SSSR count). The number of nitrogens with one attached hydrogen (secondary N) is 4. The molecule has 3 aromatic carbocycles. The van der Waals surface area contributed by atoms with Crippen molar-refractivity contribution in [2.45, 2.75) is 19.5 Å². The van der Waals surface area contributed by atoms with E-state index in [0.29, 0.717) is 70.5 Å². The number of ether oxygens (including phenoxy) is 3. The molecule has 0 saturated carbocycles. The molecule has 0 aliphatic rings. The highest BCUT2D eigenvalue weighted by molar-refractivity contribution is 5.78. The number of benzene rings is 3. The van der Waals surface area contributed by atoms with E-state index < -0.39 is 0 Å². The fraction of sp³-hybridized carbons (Fsp3) is 0.312. The molecule has 44 heavy (non-hydrogen) atoms. The van der Waals surface area contributed by atoms with Gasteiger partial charge < -0.3 is 41.2 Å². The highest BCUT2D eigenvalue weighted by Crippen LogP contribution is 2.19. The zero-order chi connectivity index (χ0) is 30.8. The van der Waals surface area contributed by atoms with Gasteiger partial charge in [-0.15, -0.1) is 0 Å². The van der Waals surface area contributed by atoms with Gasteiger partial charge in [0.15, 0.2) is 0 Å². The van der Waals surface area contributed by atoms with E-state index in [9.17, 15) is 4.79 Å². The second-order valence-corrected chi connectivity index (χ2v) is 9.71. The Bertz CT molecular complexity index is 1420. The van der Waals surface area contributed by atoms with Crippen molar-refractivity contribution in [3.05, 3.63) is 95.6 Å². The Morgan fingerprint density at radius 3 is 2.09 bits per heavy atom. The van der Waals surface area contributed by atoms with Gasteiger partial charge in [-0.2, -0.15) is 15.0 Å². The van der Waals surface area contributed by atoms with E-state index in [-0.39, 0.29) is 12.3 Å². The molecule has 12 heteroatoms. The van der Waals surface area contributed by atoms with E-state index in [1.54, 1.807) is 7.11 Å². The minimum atomic E-state index is -0.0768. The predicted octanol–water partition coefficient (Wildman–Crippen LogP) is 3.50. The van der Waals surface area contributed by atoms with Crippen LogP contribution in [0, 0.1) is 0 Å². The Morgan fingerprint density at radius 2 is 1.39 bits per heavy atom. The van der Waals surface area contributed by atoms with Crippen molar-refractivity contribution < 1.29 is 19.0 Å². The first kappa shape index (κ1) is 32.1. The van der Waals surface area contributed by atoms with E-state index in [0.717, 1.165) is 28.1 Å². The maximum Gasteiger partial charge on any atom is 0.233 e. The normalized spacial score (nSPS) is 10.7. The summed E-state index contributed by atoms with van der Waals surface area (Å²) in [5, 5.41) is 12.7. The lowest BCUT2D eigenvalue weighted by atomic mass is 10.1. The minimum absolute atomic E-state index is 0.0768. The van der Waals surface area contributed by atoms with Gasteiger partial charge in [-0.25, -0.2) is 0 Å². The molecule has 1 heterocycles. The summed E-state index contributed by atoms with van der Waals surface area (Å²) in [6.07, 6.45) is 0.261. The zero-order valence-corrected chi connectivity index (χ0v) is 24.9. The van der Waals surface area contributed by atoms with E-state index in [1.807, 2.05) is 78.9 Å². The third kappa shape index (κ3) is 11.5. The molecule has 0 unspecified atom stereocenters. The Labute approximate surface area is 257 Å². The number of hydrogen-bond donors (Lipinski definition) is 5. The maximum absolute atomic E-state index is 12.3. The summed E-state index contributed by atoms with van der Waals surface area (Å²) < 4.78 is 16.0. The third-order valence-corrected chi connectivity index (χ3v) is 6.29. The molecular weight excluding hydrogens is 560 g/mol. The van der Waals surface area contributed by atoms with Crippen LogP contribution in [0.4, 0.5) is 23.5 Å². The first-order chi connectivity index (χ1) is 21.6. The summed E-state index contributed by atoms with van der Waals surface area (Å²) in [5.74, 6) is 1.93. The number of methoxy groups -OCH3 is 1. The van der Waals surface area contributed by atoms with Crippen molar-refractivity contribution in [2.75, 3.05) is 62.6 Å². The topological polar surface area (TPSA) is 158 Å². The van der Waals surface area contributed by atoms with E-state index in [2.05, 4.69) is 36.2 Å². The van der Waals surface area contributed by atoms with Gasteiger partial charge in [-0.3, -0.25) is 4.79 Å². The minimum Gasteiger partial charge on any atom is -0.497 e. The molecule has 6 N–H and O–H groups in total. The number of amides is 1. The fourth-order valence-electron chi connectivity index (χ4n) is 4.08. The van der Waals surface area contributed by atoms with Crippen molar-refractivity contribution >= 4 is 29.4 Å². The van der Waals surface area contributed by atoms with Crippen molar-refractivity contribution in [2.24, 2.45) is 5.73 Å². The molecule has 4 aromatic rings. The Hall–Kier alpha value is -4.78. The molecule has 0 radical (unpaired) electrons. The fourth-order valence-corrected chi connectivity index (χ4v) is 4.08. The van der Waals surface area contributed by atoms with Gasteiger partial charge in [-0.05, 0) is 41.0 Å². The summed E-state index contributed by atoms with van der Waals surface area (Å²) in [6, 6.07) is 25.4. The van der Waals surface area contributed by atoms with Crippen LogP contribution in [0.15, 0.2) is 78.9 Å². The highest BCUT2D eigenvalue weighted by atomic mass is 16.5. The Balaban J connectivity index is 1.33. The van der Waals surface area contributed by atoms with Crippen molar-refractivity contribution in [3.63, 3.8) is 0 Å². The number of nitrogens with zero attached hydrogens (tertiary/aromatic N) is 3. The van der Waals surface area contributed by atoms with Crippen LogP contribution in [0.25, 0.3) is 0 Å². The molecule has 0 bridgehead atoms. The van der Waals surface area contributed by atoms with E-state index in [4.69, 9.17) is 19.9 Å². The Kier molecular flexibility index (Phi) is 13.2. The SMILES string of the molecule is COc1cccc(CNc2nc(NCc3ccccc3)nc(Nc3ccc(CC(=O)NCCOCCOCCN)cc3)n2)c1. The van der Waals surface area contributed by atoms with Gasteiger partial charge in [0.05, 0.1) is 40.0 Å². The number of hydrogen-bond acceptors (Lipinski definition) is 11. The number of anilines is 4. The quantitative estimate of drug-likeness (QED) is 0.100. The first-order valence-electron chi connectivity index (χ1n) is 14.5. The second kappa shape index (κ2) is 18.0. The van der Waals surface area contributed by atoms with E-state index >= 15 is 0 Å². The third-order valence-electron chi connectivity index (χ3n) is 6.29. The molecule has 1 aromatic heterocycles.